The van der Waals surface area contributed by atoms with Crippen molar-refractivity contribution in [1.82, 2.24) is 10.2 Å². The van der Waals surface area contributed by atoms with Gasteiger partial charge in [0.2, 0.25) is 0 Å². The van der Waals surface area contributed by atoms with Crippen LogP contribution in [0.15, 0.2) is 0 Å². The lowest BCUT2D eigenvalue weighted by atomic mass is 9.87. The second-order valence-corrected chi connectivity index (χ2v) is 5.91. The van der Waals surface area contributed by atoms with Gasteiger partial charge in [-0.15, -0.1) is 0 Å². The first-order chi connectivity index (χ1) is 9.12. The average Bonchev–Trinajstić information content (AvgIpc) is 2.45. The second kappa shape index (κ2) is 8.90. The molecule has 1 aliphatic rings. The third-order valence-corrected chi connectivity index (χ3v) is 4.46. The number of aliphatic hydroxyl groups excluding tert-OH is 2. The normalized spacial score (nSPS) is 28.3. The molecule has 0 amide bonds. The average molecular weight is 272 g/mol. The van der Waals surface area contributed by atoms with Crippen molar-refractivity contribution in [3.05, 3.63) is 0 Å². The van der Waals surface area contributed by atoms with Gasteiger partial charge in [-0.05, 0) is 45.1 Å². The summed E-state index contributed by atoms with van der Waals surface area (Å²) < 4.78 is 0. The minimum atomic E-state index is -0.186. The molecule has 4 atom stereocenters. The van der Waals surface area contributed by atoms with E-state index in [4.69, 9.17) is 5.11 Å². The van der Waals surface area contributed by atoms with Gasteiger partial charge in [0.25, 0.3) is 0 Å². The van der Waals surface area contributed by atoms with Crippen LogP contribution in [0.5, 0.6) is 0 Å². The molecule has 114 valence electrons. The van der Waals surface area contributed by atoms with Crippen LogP contribution in [-0.4, -0.2) is 59.5 Å². The molecule has 19 heavy (non-hydrogen) atoms. The Kier molecular flexibility index (Phi) is 7.91. The molecule has 0 spiro atoms. The van der Waals surface area contributed by atoms with Crippen LogP contribution in [0.3, 0.4) is 0 Å². The summed E-state index contributed by atoms with van der Waals surface area (Å²) in [4.78, 5) is 2.50. The molecule has 1 heterocycles. The molecular formula is C15H32N2O2. The number of aliphatic hydroxyl groups is 2. The van der Waals surface area contributed by atoms with Crippen LogP contribution in [-0.2, 0) is 0 Å². The van der Waals surface area contributed by atoms with Gasteiger partial charge in [-0.2, -0.15) is 0 Å². The Morgan fingerprint density at radius 3 is 2.58 bits per heavy atom. The fraction of sp³-hybridized carbons (Fsp3) is 1.00. The van der Waals surface area contributed by atoms with Crippen LogP contribution in [0.1, 0.15) is 46.5 Å². The maximum atomic E-state index is 10.1. The van der Waals surface area contributed by atoms with E-state index in [0.717, 1.165) is 45.3 Å². The van der Waals surface area contributed by atoms with Gasteiger partial charge in [0.1, 0.15) is 0 Å². The Balaban J connectivity index is 2.55. The summed E-state index contributed by atoms with van der Waals surface area (Å²) in [5.41, 5.74) is 0. The van der Waals surface area contributed by atoms with Crippen molar-refractivity contribution in [3.63, 3.8) is 0 Å². The standard InChI is InChI=1S/C15H32N2O2/c1-4-12(3)17-10-13(15(19)5-2)9-14(11-17)16-7-6-8-18/h12-16,18-19H,4-11H2,1-3H3. The summed E-state index contributed by atoms with van der Waals surface area (Å²) in [6.45, 7) is 9.74. The van der Waals surface area contributed by atoms with Crippen LogP contribution in [0.4, 0.5) is 0 Å². The van der Waals surface area contributed by atoms with Gasteiger partial charge in [-0.1, -0.05) is 13.8 Å². The number of hydrogen-bond acceptors (Lipinski definition) is 4. The van der Waals surface area contributed by atoms with Crippen LogP contribution >= 0.6 is 0 Å². The quantitative estimate of drug-likeness (QED) is 0.582. The van der Waals surface area contributed by atoms with Crippen molar-refractivity contribution in [2.45, 2.75) is 64.6 Å². The van der Waals surface area contributed by atoms with Gasteiger partial charge in [0.05, 0.1) is 6.10 Å². The third kappa shape index (κ3) is 5.38. The Labute approximate surface area is 118 Å². The summed E-state index contributed by atoms with van der Waals surface area (Å²) in [6, 6.07) is 1.02. The number of hydrogen-bond donors (Lipinski definition) is 3. The Morgan fingerprint density at radius 2 is 2.00 bits per heavy atom. The zero-order chi connectivity index (χ0) is 14.3. The monoisotopic (exact) mass is 272 g/mol. The van der Waals surface area contributed by atoms with Gasteiger partial charge < -0.3 is 15.5 Å². The van der Waals surface area contributed by atoms with E-state index in [9.17, 15) is 5.11 Å². The molecule has 0 aromatic heterocycles. The predicted molar refractivity (Wildman–Crippen MR) is 79.2 cm³/mol. The van der Waals surface area contributed by atoms with Crippen LogP contribution in [0, 0.1) is 5.92 Å². The van der Waals surface area contributed by atoms with Gasteiger partial charge in [0.15, 0.2) is 0 Å². The van der Waals surface area contributed by atoms with Crippen molar-refractivity contribution in [2.24, 2.45) is 5.92 Å². The van der Waals surface area contributed by atoms with Crippen LogP contribution in [0.2, 0.25) is 0 Å². The van der Waals surface area contributed by atoms with Crippen molar-refractivity contribution in [3.8, 4) is 0 Å². The topological polar surface area (TPSA) is 55.7 Å². The molecule has 1 fully saturated rings. The highest BCUT2D eigenvalue weighted by atomic mass is 16.3. The van der Waals surface area contributed by atoms with E-state index in [0.29, 0.717) is 18.0 Å². The number of nitrogens with one attached hydrogen (secondary N) is 1. The molecule has 0 aliphatic carbocycles. The molecule has 0 bridgehead atoms. The fourth-order valence-corrected chi connectivity index (χ4v) is 2.94. The molecule has 0 radical (unpaired) electrons. The number of nitrogens with zero attached hydrogens (tertiary/aromatic N) is 1. The molecule has 3 N–H and O–H groups in total. The Bertz CT molecular complexity index is 220. The van der Waals surface area contributed by atoms with Crippen LogP contribution in [0.25, 0.3) is 0 Å². The maximum Gasteiger partial charge on any atom is 0.0578 e. The van der Waals surface area contributed by atoms with Crippen molar-refractivity contribution in [1.29, 1.82) is 0 Å². The molecule has 1 rings (SSSR count). The van der Waals surface area contributed by atoms with Crippen molar-refractivity contribution < 1.29 is 10.2 Å². The van der Waals surface area contributed by atoms with E-state index in [1.54, 1.807) is 0 Å². The number of rotatable bonds is 8. The summed E-state index contributed by atoms with van der Waals surface area (Å²) in [6.07, 6.45) is 3.66. The molecule has 4 unspecified atom stereocenters. The summed E-state index contributed by atoms with van der Waals surface area (Å²) in [7, 11) is 0. The molecule has 0 aromatic rings. The highest BCUT2D eigenvalue weighted by Crippen LogP contribution is 2.24. The summed E-state index contributed by atoms with van der Waals surface area (Å²) >= 11 is 0. The molecule has 1 aliphatic heterocycles. The zero-order valence-corrected chi connectivity index (χ0v) is 12.8. The summed E-state index contributed by atoms with van der Waals surface area (Å²) in [5.74, 6) is 0.374. The molecule has 0 saturated carbocycles. The molecule has 0 aromatic carbocycles. The van der Waals surface area contributed by atoms with E-state index < -0.39 is 0 Å². The van der Waals surface area contributed by atoms with Gasteiger partial charge in [-0.3, -0.25) is 4.90 Å². The van der Waals surface area contributed by atoms with Crippen molar-refractivity contribution >= 4 is 0 Å². The smallest absolute Gasteiger partial charge is 0.0578 e. The summed E-state index contributed by atoms with van der Waals surface area (Å²) in [5, 5.41) is 22.5. The Hall–Kier alpha value is -0.160. The van der Waals surface area contributed by atoms with Gasteiger partial charge in [-0.25, -0.2) is 0 Å². The number of piperidine rings is 1. The highest BCUT2D eigenvalue weighted by molar-refractivity contribution is 4.88. The molecule has 4 nitrogen and oxygen atoms in total. The first kappa shape index (κ1) is 16.9. The van der Waals surface area contributed by atoms with E-state index in [1.807, 2.05) is 0 Å². The maximum absolute atomic E-state index is 10.1. The first-order valence-electron chi connectivity index (χ1n) is 7.88. The predicted octanol–water partition coefficient (Wildman–Crippen LogP) is 1.22. The van der Waals surface area contributed by atoms with E-state index >= 15 is 0 Å². The lowest BCUT2D eigenvalue weighted by molar-refractivity contribution is 0.0210. The highest BCUT2D eigenvalue weighted by Gasteiger charge is 2.32. The van der Waals surface area contributed by atoms with Crippen molar-refractivity contribution in [2.75, 3.05) is 26.2 Å². The van der Waals surface area contributed by atoms with E-state index in [-0.39, 0.29) is 12.7 Å². The molecule has 4 heteroatoms. The zero-order valence-electron chi connectivity index (χ0n) is 12.8. The lowest BCUT2D eigenvalue weighted by Gasteiger charge is -2.42. The van der Waals surface area contributed by atoms with E-state index in [1.165, 1.54) is 0 Å². The lowest BCUT2D eigenvalue weighted by Crippen LogP contribution is -2.54. The minimum absolute atomic E-state index is 0.186. The van der Waals surface area contributed by atoms with Gasteiger partial charge >= 0.3 is 0 Å². The van der Waals surface area contributed by atoms with E-state index in [2.05, 4.69) is 31.0 Å². The molecular weight excluding hydrogens is 240 g/mol. The number of likely N-dealkylation sites (tertiary alicyclic amines) is 1. The second-order valence-electron chi connectivity index (χ2n) is 5.91. The SMILES string of the molecule is CCC(O)C1CC(NCCCO)CN(C(C)CC)C1. The van der Waals surface area contributed by atoms with Gasteiger partial charge in [0, 0.05) is 31.8 Å². The minimum Gasteiger partial charge on any atom is -0.396 e. The largest absolute Gasteiger partial charge is 0.396 e. The van der Waals surface area contributed by atoms with Crippen LogP contribution < -0.4 is 5.32 Å². The fourth-order valence-electron chi connectivity index (χ4n) is 2.94. The third-order valence-electron chi connectivity index (χ3n) is 4.46. The first-order valence-corrected chi connectivity index (χ1v) is 7.88. The Morgan fingerprint density at radius 1 is 1.26 bits per heavy atom. The molecule has 1 saturated heterocycles.